The summed E-state index contributed by atoms with van der Waals surface area (Å²) in [5, 5.41) is 3.77. The lowest BCUT2D eigenvalue weighted by atomic mass is 9.97. The second-order valence-corrected chi connectivity index (χ2v) is 8.20. The molecule has 16 nitrogen and oxygen atoms in total. The first-order valence-electron chi connectivity index (χ1n) is 10.9. The Labute approximate surface area is 210 Å². The number of carbonyl (C=O) groups is 5. The van der Waals surface area contributed by atoms with Gasteiger partial charge in [0.2, 0.25) is 11.7 Å². The molecule has 0 N–H and O–H groups in total. The van der Waals surface area contributed by atoms with Gasteiger partial charge in [0.25, 0.3) is 0 Å². The molecular weight excluding hydrogens is 500 g/mol. The fourth-order valence-corrected chi connectivity index (χ4v) is 3.60. The van der Waals surface area contributed by atoms with Crippen LogP contribution in [0, 0.1) is 0 Å². The van der Waals surface area contributed by atoms with E-state index in [1.54, 1.807) is 0 Å². The zero-order chi connectivity index (χ0) is 28.2. The van der Waals surface area contributed by atoms with Crippen LogP contribution >= 0.6 is 0 Å². The maximum atomic E-state index is 13.3. The average Bonchev–Trinajstić information content (AvgIpc) is 2.74. The summed E-state index contributed by atoms with van der Waals surface area (Å²) in [7, 11) is 2.85. The number of rotatable bonds is 7. The van der Waals surface area contributed by atoms with E-state index in [0.29, 0.717) is 9.25 Å². The fourth-order valence-electron chi connectivity index (χ4n) is 3.60. The number of carbonyl (C=O) groups excluding carboxylic acids is 5. The highest BCUT2D eigenvalue weighted by Gasteiger charge is 2.54. The molecule has 0 bridgehead atoms. The van der Waals surface area contributed by atoms with Crippen LogP contribution in [-0.2, 0) is 42.9 Å². The summed E-state index contributed by atoms with van der Waals surface area (Å²) in [5.74, 6) is -4.65. The maximum Gasteiger partial charge on any atom is 0.357 e. The molecule has 5 atom stereocenters. The Morgan fingerprint density at radius 3 is 1.81 bits per heavy atom. The van der Waals surface area contributed by atoms with Crippen LogP contribution in [-0.4, -0.2) is 89.3 Å². The number of hydrogen-bond donors (Lipinski definition) is 0. The monoisotopic (exact) mass is 528 g/mol. The Morgan fingerprint density at radius 2 is 1.35 bits per heavy atom. The Kier molecular flexibility index (Phi) is 9.27. The molecule has 0 spiro atoms. The van der Waals surface area contributed by atoms with E-state index in [1.165, 1.54) is 19.0 Å². The Morgan fingerprint density at radius 1 is 0.838 bits per heavy atom. The van der Waals surface area contributed by atoms with E-state index in [4.69, 9.17) is 23.7 Å². The molecule has 0 radical (unpaired) electrons. The SMILES string of the molecule is CC(=O)OCC1OC(n2c(=O)c(N(C)C)nn(C(C)=O)c2=O)C(OC(C)=O)C(OC(C)=O)C1OC(C)=O. The molecule has 0 amide bonds. The molecule has 5 unspecified atom stereocenters. The van der Waals surface area contributed by atoms with Crippen LogP contribution in [0.2, 0.25) is 0 Å². The van der Waals surface area contributed by atoms with Crippen molar-refractivity contribution in [2.45, 2.75) is 65.3 Å². The van der Waals surface area contributed by atoms with Crippen LogP contribution < -0.4 is 16.1 Å². The highest BCUT2D eigenvalue weighted by molar-refractivity contribution is 5.75. The topological polar surface area (TPSA) is 192 Å². The van der Waals surface area contributed by atoms with E-state index in [1.807, 2.05) is 0 Å². The molecule has 37 heavy (non-hydrogen) atoms. The van der Waals surface area contributed by atoms with Crippen LogP contribution in [0.15, 0.2) is 9.59 Å². The summed E-state index contributed by atoms with van der Waals surface area (Å²) in [5.41, 5.74) is -2.31. The van der Waals surface area contributed by atoms with Gasteiger partial charge >= 0.3 is 35.1 Å². The lowest BCUT2D eigenvalue weighted by molar-refractivity contribution is -0.269. The molecule has 1 aromatic heterocycles. The number of nitrogens with zero attached hydrogens (tertiary/aromatic N) is 4. The minimum Gasteiger partial charge on any atom is -0.463 e. The summed E-state index contributed by atoms with van der Waals surface area (Å²) in [4.78, 5) is 87.3. The molecular formula is C21H28N4O12. The molecule has 2 heterocycles. The summed E-state index contributed by atoms with van der Waals surface area (Å²) < 4.78 is 27.6. The van der Waals surface area contributed by atoms with Gasteiger partial charge < -0.3 is 28.6 Å². The molecule has 0 aromatic carbocycles. The van der Waals surface area contributed by atoms with Gasteiger partial charge in [-0.1, -0.05) is 0 Å². The molecule has 2 rings (SSSR count). The van der Waals surface area contributed by atoms with E-state index in [-0.39, 0.29) is 5.82 Å². The summed E-state index contributed by atoms with van der Waals surface area (Å²) in [6.07, 6.45) is -8.11. The van der Waals surface area contributed by atoms with Gasteiger partial charge in [0, 0.05) is 48.7 Å². The molecule has 204 valence electrons. The zero-order valence-electron chi connectivity index (χ0n) is 21.3. The normalized spacial score (nSPS) is 22.9. The number of aromatic nitrogens is 3. The Hall–Kier alpha value is -4.08. The predicted octanol–water partition coefficient (Wildman–Crippen LogP) is -1.61. The van der Waals surface area contributed by atoms with Gasteiger partial charge in [-0.2, -0.15) is 0 Å². The minimum atomic E-state index is -1.84. The van der Waals surface area contributed by atoms with Crippen LogP contribution in [0.1, 0.15) is 45.6 Å². The van der Waals surface area contributed by atoms with E-state index in [2.05, 4.69) is 5.10 Å². The van der Waals surface area contributed by atoms with Crippen LogP contribution in [0.5, 0.6) is 0 Å². The molecule has 0 aliphatic carbocycles. The molecule has 16 heteroatoms. The van der Waals surface area contributed by atoms with Crippen molar-refractivity contribution in [3.63, 3.8) is 0 Å². The first-order chi connectivity index (χ1) is 17.1. The largest absolute Gasteiger partial charge is 0.463 e. The number of esters is 4. The van der Waals surface area contributed by atoms with Crippen molar-refractivity contribution in [3.05, 3.63) is 20.8 Å². The highest BCUT2D eigenvalue weighted by atomic mass is 16.7. The van der Waals surface area contributed by atoms with Gasteiger partial charge in [-0.05, 0) is 0 Å². The van der Waals surface area contributed by atoms with E-state index in [9.17, 15) is 33.6 Å². The molecule has 1 saturated heterocycles. The van der Waals surface area contributed by atoms with Gasteiger partial charge in [-0.3, -0.25) is 28.8 Å². The van der Waals surface area contributed by atoms with Crippen molar-refractivity contribution >= 4 is 35.6 Å². The second kappa shape index (κ2) is 11.8. The van der Waals surface area contributed by atoms with Gasteiger partial charge in [-0.15, -0.1) is 9.78 Å². The third kappa shape index (κ3) is 6.78. The Bertz CT molecular complexity index is 1200. The van der Waals surface area contributed by atoms with Gasteiger partial charge in [0.05, 0.1) is 0 Å². The van der Waals surface area contributed by atoms with Gasteiger partial charge in [-0.25, -0.2) is 9.36 Å². The lowest BCUT2D eigenvalue weighted by Crippen LogP contribution is -2.63. The first kappa shape index (κ1) is 29.2. The van der Waals surface area contributed by atoms with E-state index in [0.717, 1.165) is 34.6 Å². The van der Waals surface area contributed by atoms with E-state index < -0.39 is 78.3 Å². The van der Waals surface area contributed by atoms with Crippen molar-refractivity contribution < 1.29 is 47.7 Å². The third-order valence-corrected chi connectivity index (χ3v) is 4.93. The number of hydrogen-bond acceptors (Lipinski definition) is 14. The zero-order valence-corrected chi connectivity index (χ0v) is 21.3. The van der Waals surface area contributed by atoms with Gasteiger partial charge in [0.1, 0.15) is 12.7 Å². The number of ether oxygens (including phenoxy) is 5. The molecule has 1 aromatic rings. The van der Waals surface area contributed by atoms with Crippen molar-refractivity contribution in [2.75, 3.05) is 25.6 Å². The highest BCUT2D eigenvalue weighted by Crippen LogP contribution is 2.33. The Balaban J connectivity index is 2.87. The van der Waals surface area contributed by atoms with Gasteiger partial charge in [0.15, 0.2) is 24.5 Å². The van der Waals surface area contributed by atoms with Crippen molar-refractivity contribution in [1.82, 2.24) is 14.3 Å². The maximum absolute atomic E-state index is 13.3. The van der Waals surface area contributed by atoms with E-state index >= 15 is 0 Å². The van der Waals surface area contributed by atoms with Crippen LogP contribution in [0.25, 0.3) is 0 Å². The first-order valence-corrected chi connectivity index (χ1v) is 10.9. The molecule has 1 fully saturated rings. The molecule has 1 aliphatic heterocycles. The van der Waals surface area contributed by atoms with Crippen LogP contribution in [0.4, 0.5) is 5.82 Å². The quantitative estimate of drug-likeness (QED) is 0.290. The standard InChI is InChI=1S/C21H28N4O12/c1-9(26)25-21(32)24(19(31)18(22-25)23(6)7)20-17(36-13(5)30)16(35-12(4)29)15(34-11(3)28)14(37-20)8-33-10(2)27/h14-17,20H,8H2,1-7H3. The van der Waals surface area contributed by atoms with Crippen molar-refractivity contribution in [3.8, 4) is 0 Å². The smallest absolute Gasteiger partial charge is 0.357 e. The fraction of sp³-hybridized carbons (Fsp3) is 0.619. The molecule has 1 aliphatic rings. The predicted molar refractivity (Wildman–Crippen MR) is 121 cm³/mol. The van der Waals surface area contributed by atoms with Crippen LogP contribution in [0.3, 0.4) is 0 Å². The number of anilines is 1. The average molecular weight is 528 g/mol. The summed E-state index contributed by atoms with van der Waals surface area (Å²) in [6, 6.07) is 0. The lowest BCUT2D eigenvalue weighted by Gasteiger charge is -2.44. The summed E-state index contributed by atoms with van der Waals surface area (Å²) >= 11 is 0. The van der Waals surface area contributed by atoms with Crippen molar-refractivity contribution in [2.24, 2.45) is 0 Å². The summed E-state index contributed by atoms with van der Waals surface area (Å²) in [6.45, 7) is 4.61. The second-order valence-electron chi connectivity index (χ2n) is 8.20. The third-order valence-electron chi connectivity index (χ3n) is 4.93. The minimum absolute atomic E-state index is 0.359. The van der Waals surface area contributed by atoms with Crippen molar-refractivity contribution in [1.29, 1.82) is 0 Å². The molecule has 0 saturated carbocycles.